The Kier molecular flexibility index (Phi) is 5.65. The standard InChI is InChI=1S/C22H24ClN5O/c1-26-12-9-19(13-26)27(2)20(29)14-28-15-25-21(16-3-5-18(23)6-4-16)22(28)17-7-10-24-11-8-17/h3-8,10-11,15,19H,9,12-14H2,1-2H3/t19-/m0/s1. The van der Waals surface area contributed by atoms with Crippen molar-refractivity contribution in [2.24, 2.45) is 0 Å². The van der Waals surface area contributed by atoms with E-state index in [4.69, 9.17) is 11.6 Å². The maximum absolute atomic E-state index is 13.0. The lowest BCUT2D eigenvalue weighted by atomic mass is 10.1. The van der Waals surface area contributed by atoms with Crippen molar-refractivity contribution in [3.63, 3.8) is 0 Å². The SMILES string of the molecule is CN1CC[C@H](N(C)C(=O)Cn2cnc(-c3ccc(Cl)cc3)c2-c2ccncc2)C1. The molecule has 4 rings (SSSR count). The predicted octanol–water partition coefficient (Wildman–Crippen LogP) is 3.43. The molecular weight excluding hydrogens is 386 g/mol. The van der Waals surface area contributed by atoms with Crippen LogP contribution in [0.25, 0.3) is 22.5 Å². The van der Waals surface area contributed by atoms with E-state index in [1.165, 1.54) is 0 Å². The van der Waals surface area contributed by atoms with E-state index in [2.05, 4.69) is 21.9 Å². The largest absolute Gasteiger partial charge is 0.340 e. The third-order valence-electron chi connectivity index (χ3n) is 5.52. The summed E-state index contributed by atoms with van der Waals surface area (Å²) in [6, 6.07) is 11.7. The number of amides is 1. The molecule has 150 valence electrons. The Morgan fingerprint density at radius 2 is 1.90 bits per heavy atom. The molecule has 6 nitrogen and oxygen atoms in total. The minimum Gasteiger partial charge on any atom is -0.340 e. The number of carbonyl (C=O) groups is 1. The first-order chi connectivity index (χ1) is 14.0. The number of pyridine rings is 1. The smallest absolute Gasteiger partial charge is 0.242 e. The van der Waals surface area contributed by atoms with E-state index < -0.39 is 0 Å². The van der Waals surface area contributed by atoms with Gasteiger partial charge in [-0.3, -0.25) is 9.78 Å². The van der Waals surface area contributed by atoms with Crippen molar-refractivity contribution in [1.82, 2.24) is 24.3 Å². The van der Waals surface area contributed by atoms with Crippen molar-refractivity contribution in [2.75, 3.05) is 27.2 Å². The molecule has 1 saturated heterocycles. The lowest BCUT2D eigenvalue weighted by molar-refractivity contribution is -0.132. The van der Waals surface area contributed by atoms with Crippen LogP contribution in [0.3, 0.4) is 0 Å². The Morgan fingerprint density at radius 3 is 2.55 bits per heavy atom. The Balaban J connectivity index is 1.66. The Labute approximate surface area is 175 Å². The van der Waals surface area contributed by atoms with Crippen LogP contribution in [0.5, 0.6) is 0 Å². The van der Waals surface area contributed by atoms with Crippen molar-refractivity contribution in [1.29, 1.82) is 0 Å². The van der Waals surface area contributed by atoms with Gasteiger partial charge in [0.25, 0.3) is 0 Å². The summed E-state index contributed by atoms with van der Waals surface area (Å²) >= 11 is 6.05. The number of hydrogen-bond acceptors (Lipinski definition) is 4. The lowest BCUT2D eigenvalue weighted by Crippen LogP contribution is -2.40. The fourth-order valence-corrected chi connectivity index (χ4v) is 3.95. The van der Waals surface area contributed by atoms with Crippen molar-refractivity contribution in [2.45, 2.75) is 19.0 Å². The van der Waals surface area contributed by atoms with Crippen molar-refractivity contribution in [3.05, 3.63) is 60.1 Å². The van der Waals surface area contributed by atoms with Crippen molar-refractivity contribution >= 4 is 17.5 Å². The number of hydrogen-bond donors (Lipinski definition) is 0. The minimum absolute atomic E-state index is 0.0839. The average Bonchev–Trinajstić information content (AvgIpc) is 3.35. The van der Waals surface area contributed by atoms with Crippen LogP contribution < -0.4 is 0 Å². The Hall–Kier alpha value is -2.70. The number of aromatic nitrogens is 3. The number of likely N-dealkylation sites (tertiary alicyclic amines) is 1. The van der Waals surface area contributed by atoms with Gasteiger partial charge in [0, 0.05) is 48.2 Å². The van der Waals surface area contributed by atoms with E-state index >= 15 is 0 Å². The highest BCUT2D eigenvalue weighted by molar-refractivity contribution is 6.30. The van der Waals surface area contributed by atoms with Gasteiger partial charge >= 0.3 is 0 Å². The highest BCUT2D eigenvalue weighted by atomic mass is 35.5. The fourth-order valence-electron chi connectivity index (χ4n) is 3.82. The molecule has 3 heterocycles. The molecule has 1 aromatic carbocycles. The molecule has 0 aliphatic carbocycles. The van der Waals surface area contributed by atoms with Gasteiger partial charge in [0.15, 0.2) is 0 Å². The summed E-state index contributed by atoms with van der Waals surface area (Å²) in [4.78, 5) is 25.9. The molecule has 3 aromatic rings. The first-order valence-electron chi connectivity index (χ1n) is 9.68. The average molecular weight is 410 g/mol. The Morgan fingerprint density at radius 1 is 1.17 bits per heavy atom. The normalized spacial score (nSPS) is 16.9. The van der Waals surface area contributed by atoms with Gasteiger partial charge in [-0.2, -0.15) is 0 Å². The summed E-state index contributed by atoms with van der Waals surface area (Å²) in [6.45, 7) is 2.19. The molecule has 1 fully saturated rings. The van der Waals surface area contributed by atoms with Crippen molar-refractivity contribution in [3.8, 4) is 22.5 Å². The zero-order chi connectivity index (χ0) is 20.4. The number of likely N-dealkylation sites (N-methyl/N-ethyl adjacent to an activating group) is 2. The second kappa shape index (κ2) is 8.35. The zero-order valence-electron chi connectivity index (χ0n) is 16.6. The maximum Gasteiger partial charge on any atom is 0.242 e. The summed E-state index contributed by atoms with van der Waals surface area (Å²) in [5, 5.41) is 0.678. The molecule has 0 bridgehead atoms. The van der Waals surface area contributed by atoms with Crippen LogP contribution in [0.15, 0.2) is 55.1 Å². The van der Waals surface area contributed by atoms with E-state index in [-0.39, 0.29) is 18.5 Å². The van der Waals surface area contributed by atoms with Gasteiger partial charge in [0.1, 0.15) is 6.54 Å². The van der Waals surface area contributed by atoms with Crippen LogP contribution in [-0.2, 0) is 11.3 Å². The molecule has 1 aliphatic rings. The predicted molar refractivity (Wildman–Crippen MR) is 115 cm³/mol. The first kappa shape index (κ1) is 19.6. The number of halogens is 1. The molecule has 0 spiro atoms. The number of nitrogens with zero attached hydrogens (tertiary/aromatic N) is 5. The summed E-state index contributed by atoms with van der Waals surface area (Å²) in [5.74, 6) is 0.0839. The van der Waals surface area contributed by atoms with Gasteiger partial charge < -0.3 is 14.4 Å². The van der Waals surface area contributed by atoms with Crippen LogP contribution in [0, 0.1) is 0 Å². The fraction of sp³-hybridized carbons (Fsp3) is 0.318. The van der Waals surface area contributed by atoms with Crippen LogP contribution in [0.1, 0.15) is 6.42 Å². The van der Waals surface area contributed by atoms with Crippen LogP contribution >= 0.6 is 11.6 Å². The monoisotopic (exact) mass is 409 g/mol. The van der Waals surface area contributed by atoms with Gasteiger partial charge in [0.05, 0.1) is 17.7 Å². The van der Waals surface area contributed by atoms with E-state index in [0.29, 0.717) is 5.02 Å². The van der Waals surface area contributed by atoms with E-state index in [1.54, 1.807) is 18.7 Å². The highest BCUT2D eigenvalue weighted by Gasteiger charge is 2.27. The van der Waals surface area contributed by atoms with Gasteiger partial charge in [-0.15, -0.1) is 0 Å². The summed E-state index contributed by atoms with van der Waals surface area (Å²) in [6.07, 6.45) is 6.25. The maximum atomic E-state index is 13.0. The second-order valence-electron chi connectivity index (χ2n) is 7.52. The molecular formula is C22H24ClN5O. The van der Waals surface area contributed by atoms with Crippen LogP contribution in [0.2, 0.25) is 5.02 Å². The zero-order valence-corrected chi connectivity index (χ0v) is 17.4. The molecule has 1 atom stereocenters. The first-order valence-corrected chi connectivity index (χ1v) is 10.1. The molecule has 2 aromatic heterocycles. The summed E-state index contributed by atoms with van der Waals surface area (Å²) in [5.41, 5.74) is 3.65. The highest BCUT2D eigenvalue weighted by Crippen LogP contribution is 2.31. The molecule has 0 N–H and O–H groups in total. The van der Waals surface area contributed by atoms with E-state index in [0.717, 1.165) is 42.0 Å². The Bertz CT molecular complexity index is 986. The summed E-state index contributed by atoms with van der Waals surface area (Å²) < 4.78 is 1.93. The summed E-state index contributed by atoms with van der Waals surface area (Å²) in [7, 11) is 3.99. The molecule has 0 radical (unpaired) electrons. The van der Waals surface area contributed by atoms with E-state index in [9.17, 15) is 4.79 Å². The third-order valence-corrected chi connectivity index (χ3v) is 5.77. The van der Waals surface area contributed by atoms with Gasteiger partial charge in [-0.05, 0) is 44.3 Å². The topological polar surface area (TPSA) is 54.3 Å². The molecule has 0 unspecified atom stereocenters. The number of carbonyl (C=O) groups excluding carboxylic acids is 1. The van der Waals surface area contributed by atoms with Gasteiger partial charge in [-0.1, -0.05) is 23.7 Å². The van der Waals surface area contributed by atoms with Crippen LogP contribution in [-0.4, -0.2) is 63.5 Å². The second-order valence-corrected chi connectivity index (χ2v) is 7.96. The number of imidazole rings is 1. The van der Waals surface area contributed by atoms with Gasteiger partial charge in [0.2, 0.25) is 5.91 Å². The molecule has 7 heteroatoms. The van der Waals surface area contributed by atoms with Gasteiger partial charge in [-0.25, -0.2) is 4.98 Å². The van der Waals surface area contributed by atoms with E-state index in [1.807, 2.05) is 52.9 Å². The van der Waals surface area contributed by atoms with Crippen LogP contribution in [0.4, 0.5) is 0 Å². The number of rotatable bonds is 5. The minimum atomic E-state index is 0.0839. The lowest BCUT2D eigenvalue weighted by Gasteiger charge is -2.25. The quantitative estimate of drug-likeness (QED) is 0.647. The molecule has 0 saturated carbocycles. The molecule has 1 amide bonds. The number of benzene rings is 1. The molecule has 29 heavy (non-hydrogen) atoms. The third kappa shape index (κ3) is 4.18. The van der Waals surface area contributed by atoms with Crippen molar-refractivity contribution < 1.29 is 4.79 Å². The molecule has 1 aliphatic heterocycles.